The highest BCUT2D eigenvalue weighted by Crippen LogP contribution is 2.38. The normalized spacial score (nSPS) is 13.3. The van der Waals surface area contributed by atoms with Gasteiger partial charge in [-0.2, -0.15) is 0 Å². The first-order valence-electron chi connectivity index (χ1n) is 9.16. The van der Waals surface area contributed by atoms with Crippen LogP contribution in [0.3, 0.4) is 0 Å². The van der Waals surface area contributed by atoms with Gasteiger partial charge in [-0.3, -0.25) is 0 Å². The molecule has 7 heteroatoms. The van der Waals surface area contributed by atoms with Crippen LogP contribution in [0.4, 0.5) is 10.7 Å². The summed E-state index contributed by atoms with van der Waals surface area (Å²) in [5, 5.41) is 7.54. The van der Waals surface area contributed by atoms with E-state index in [1.807, 2.05) is 31.2 Å². The third kappa shape index (κ3) is 4.59. The van der Waals surface area contributed by atoms with Gasteiger partial charge in [0.15, 0.2) is 5.11 Å². The molecule has 2 N–H and O–H groups in total. The Balaban J connectivity index is 1.85. The minimum atomic E-state index is -0.278. The molecule has 0 spiro atoms. The smallest absolute Gasteiger partial charge is 0.341 e. The van der Waals surface area contributed by atoms with Gasteiger partial charge in [0.25, 0.3) is 0 Å². The number of fused-ring (bicyclic) bond motifs is 1. The van der Waals surface area contributed by atoms with Crippen LogP contribution in [0.15, 0.2) is 24.3 Å². The van der Waals surface area contributed by atoms with Crippen LogP contribution in [0.5, 0.6) is 5.75 Å². The number of hydrogen-bond donors (Lipinski definition) is 2. The van der Waals surface area contributed by atoms with Crippen molar-refractivity contribution in [3.05, 3.63) is 40.3 Å². The summed E-state index contributed by atoms with van der Waals surface area (Å²) in [7, 11) is 1.62. The van der Waals surface area contributed by atoms with Crippen LogP contribution >= 0.6 is 23.6 Å². The number of thiophene rings is 1. The third-order valence-corrected chi connectivity index (χ3v) is 5.89. The average molecular weight is 405 g/mol. The van der Waals surface area contributed by atoms with Crippen molar-refractivity contribution in [2.24, 2.45) is 0 Å². The first kappa shape index (κ1) is 19.6. The molecular weight excluding hydrogens is 380 g/mol. The molecule has 5 nitrogen and oxygen atoms in total. The predicted octanol–water partition coefficient (Wildman–Crippen LogP) is 5.01. The largest absolute Gasteiger partial charge is 0.495 e. The number of aryl methyl sites for hydroxylation is 1. The molecule has 0 radical (unpaired) electrons. The first-order valence-corrected chi connectivity index (χ1v) is 10.4. The maximum Gasteiger partial charge on any atom is 0.341 e. The molecule has 0 unspecified atom stereocenters. The zero-order chi connectivity index (χ0) is 19.2. The van der Waals surface area contributed by atoms with E-state index in [-0.39, 0.29) is 5.97 Å². The molecule has 1 aromatic carbocycles. The van der Waals surface area contributed by atoms with Crippen LogP contribution in [0, 0.1) is 0 Å². The van der Waals surface area contributed by atoms with E-state index in [4.69, 9.17) is 21.7 Å². The molecule has 1 aromatic heterocycles. The molecule has 0 fully saturated rings. The lowest BCUT2D eigenvalue weighted by Gasteiger charge is -2.13. The highest BCUT2D eigenvalue weighted by Gasteiger charge is 2.26. The lowest BCUT2D eigenvalue weighted by molar-refractivity contribution is 0.0527. The second-order valence-electron chi connectivity index (χ2n) is 6.27. The van der Waals surface area contributed by atoms with Gasteiger partial charge in [0.2, 0.25) is 0 Å². The van der Waals surface area contributed by atoms with Crippen LogP contribution < -0.4 is 15.4 Å². The van der Waals surface area contributed by atoms with Gasteiger partial charge in [-0.1, -0.05) is 18.6 Å². The van der Waals surface area contributed by atoms with E-state index >= 15 is 0 Å². The van der Waals surface area contributed by atoms with E-state index in [0.29, 0.717) is 23.0 Å². The Kier molecular flexibility index (Phi) is 6.68. The summed E-state index contributed by atoms with van der Waals surface area (Å²) >= 11 is 7.09. The first-order chi connectivity index (χ1) is 13.1. The molecule has 27 heavy (non-hydrogen) atoms. The summed E-state index contributed by atoms with van der Waals surface area (Å²) in [5.41, 5.74) is 2.54. The van der Waals surface area contributed by atoms with Crippen molar-refractivity contribution in [3.8, 4) is 5.75 Å². The van der Waals surface area contributed by atoms with E-state index < -0.39 is 0 Å². The van der Waals surface area contributed by atoms with Gasteiger partial charge >= 0.3 is 5.97 Å². The Morgan fingerprint density at radius 1 is 1.19 bits per heavy atom. The number of ether oxygens (including phenoxy) is 2. The Morgan fingerprint density at radius 3 is 2.74 bits per heavy atom. The topological polar surface area (TPSA) is 59.6 Å². The number of thiocarbonyl (C=S) groups is 1. The van der Waals surface area contributed by atoms with Gasteiger partial charge in [0.1, 0.15) is 10.8 Å². The molecule has 0 saturated carbocycles. The molecule has 0 atom stereocenters. The molecule has 0 amide bonds. The zero-order valence-corrected chi connectivity index (χ0v) is 17.2. The summed E-state index contributed by atoms with van der Waals surface area (Å²) in [6, 6.07) is 7.56. The predicted molar refractivity (Wildman–Crippen MR) is 114 cm³/mol. The van der Waals surface area contributed by atoms with Crippen molar-refractivity contribution < 1.29 is 14.3 Å². The fourth-order valence-electron chi connectivity index (χ4n) is 3.25. The van der Waals surface area contributed by atoms with Crippen molar-refractivity contribution in [2.45, 2.75) is 39.0 Å². The van der Waals surface area contributed by atoms with Gasteiger partial charge in [0.05, 0.1) is 25.0 Å². The quantitative estimate of drug-likeness (QED) is 0.415. The molecular formula is C20H24N2O3S2. The maximum absolute atomic E-state index is 12.6. The van der Waals surface area contributed by atoms with Gasteiger partial charge in [-0.25, -0.2) is 4.79 Å². The van der Waals surface area contributed by atoms with E-state index in [1.54, 1.807) is 18.4 Å². The molecule has 3 rings (SSSR count). The van der Waals surface area contributed by atoms with Crippen LogP contribution in [-0.4, -0.2) is 24.8 Å². The van der Waals surface area contributed by atoms with Crippen molar-refractivity contribution in [3.63, 3.8) is 0 Å². The van der Waals surface area contributed by atoms with Gasteiger partial charge < -0.3 is 20.1 Å². The lowest BCUT2D eigenvalue weighted by atomic mass is 10.1. The SMILES string of the molecule is CCOC(=O)c1c(NC(=S)Nc2ccccc2OC)sc2c1CCCCC2. The van der Waals surface area contributed by atoms with Crippen molar-refractivity contribution in [2.75, 3.05) is 24.4 Å². The molecule has 1 heterocycles. The van der Waals surface area contributed by atoms with Crippen molar-refractivity contribution in [1.29, 1.82) is 0 Å². The molecule has 1 aliphatic carbocycles. The number of methoxy groups -OCH3 is 1. The fourth-order valence-corrected chi connectivity index (χ4v) is 4.81. The molecule has 2 aromatic rings. The van der Waals surface area contributed by atoms with Gasteiger partial charge in [0, 0.05) is 4.88 Å². The number of esters is 1. The van der Waals surface area contributed by atoms with Gasteiger partial charge in [-0.05, 0) is 62.5 Å². The Morgan fingerprint density at radius 2 is 1.96 bits per heavy atom. The number of hydrogen-bond acceptors (Lipinski definition) is 5. The summed E-state index contributed by atoms with van der Waals surface area (Å²) in [6.07, 6.45) is 5.36. The standard InChI is InChI=1S/C20H24N2O3S2/c1-3-25-19(23)17-13-9-5-4-6-12-16(13)27-18(17)22-20(26)21-14-10-7-8-11-15(14)24-2/h7-8,10-11H,3-6,9,12H2,1-2H3,(H2,21,22,26). The van der Waals surface area contributed by atoms with E-state index in [1.165, 1.54) is 11.3 Å². The third-order valence-electron chi connectivity index (χ3n) is 4.48. The second-order valence-corrected chi connectivity index (χ2v) is 7.78. The summed E-state index contributed by atoms with van der Waals surface area (Å²) < 4.78 is 10.7. The Bertz CT molecular complexity index is 833. The summed E-state index contributed by atoms with van der Waals surface area (Å²) in [5.74, 6) is 0.425. The fraction of sp³-hybridized carbons (Fsp3) is 0.400. The minimum absolute atomic E-state index is 0.278. The summed E-state index contributed by atoms with van der Waals surface area (Å²) in [4.78, 5) is 13.9. The van der Waals surface area contributed by atoms with Crippen LogP contribution in [0.1, 0.15) is 47.0 Å². The number of rotatable bonds is 5. The Hall–Kier alpha value is -2.12. The van der Waals surface area contributed by atoms with Crippen LogP contribution in [0.2, 0.25) is 0 Å². The summed E-state index contributed by atoms with van der Waals surface area (Å²) in [6.45, 7) is 2.18. The van der Waals surface area contributed by atoms with E-state index in [2.05, 4.69) is 10.6 Å². The zero-order valence-electron chi connectivity index (χ0n) is 15.6. The average Bonchev–Trinajstić information content (AvgIpc) is 2.83. The molecule has 0 bridgehead atoms. The highest BCUT2D eigenvalue weighted by molar-refractivity contribution is 7.80. The number of nitrogens with one attached hydrogen (secondary N) is 2. The Labute approximate surface area is 169 Å². The van der Waals surface area contributed by atoms with Crippen molar-refractivity contribution in [1.82, 2.24) is 0 Å². The monoisotopic (exact) mass is 404 g/mol. The number of carbonyl (C=O) groups excluding carboxylic acids is 1. The van der Waals surface area contributed by atoms with E-state index in [9.17, 15) is 4.79 Å². The van der Waals surface area contributed by atoms with E-state index in [0.717, 1.165) is 41.9 Å². The minimum Gasteiger partial charge on any atom is -0.495 e. The number of benzene rings is 1. The van der Waals surface area contributed by atoms with Crippen molar-refractivity contribution >= 4 is 45.3 Å². The van der Waals surface area contributed by atoms with Crippen LogP contribution in [0.25, 0.3) is 0 Å². The highest BCUT2D eigenvalue weighted by atomic mass is 32.1. The number of anilines is 2. The molecule has 144 valence electrons. The molecule has 1 aliphatic rings. The van der Waals surface area contributed by atoms with Crippen LogP contribution in [-0.2, 0) is 17.6 Å². The number of para-hydroxylation sites is 2. The second kappa shape index (κ2) is 9.19. The molecule has 0 aliphatic heterocycles. The molecule has 0 saturated heterocycles. The number of carbonyl (C=O) groups is 1. The lowest BCUT2D eigenvalue weighted by Crippen LogP contribution is -2.20. The van der Waals surface area contributed by atoms with Gasteiger partial charge in [-0.15, -0.1) is 11.3 Å². The maximum atomic E-state index is 12.6.